The Balaban J connectivity index is 0.000000218. The summed E-state index contributed by atoms with van der Waals surface area (Å²) in [5.74, 6) is -1.83. The highest BCUT2D eigenvalue weighted by molar-refractivity contribution is 5.20. The molecular weight excluding hydrogens is 244 g/mol. The Morgan fingerprint density at radius 2 is 1.26 bits per heavy atom. The highest BCUT2D eigenvalue weighted by Gasteiger charge is 2.31. The van der Waals surface area contributed by atoms with Crippen LogP contribution < -0.4 is 0 Å². The summed E-state index contributed by atoms with van der Waals surface area (Å²) in [5.41, 5.74) is 0.292. The molecule has 4 N–H and O–H groups in total. The fourth-order valence-corrected chi connectivity index (χ4v) is 1.35. The van der Waals surface area contributed by atoms with Crippen LogP contribution in [0.5, 0.6) is 5.75 Å². The quantitative estimate of drug-likeness (QED) is 0.620. The first-order chi connectivity index (χ1) is 8.94. The molecule has 2 aromatic carbocycles. The Kier molecular flexibility index (Phi) is 5.51. The topological polar surface area (TPSA) is 80.9 Å². The minimum Gasteiger partial charge on any atom is -0.508 e. The van der Waals surface area contributed by atoms with Crippen LogP contribution in [0.1, 0.15) is 12.5 Å². The van der Waals surface area contributed by atoms with Crippen molar-refractivity contribution in [2.75, 3.05) is 0 Å². The van der Waals surface area contributed by atoms with Crippen LogP contribution in [0.25, 0.3) is 0 Å². The molecule has 0 amide bonds. The summed E-state index contributed by atoms with van der Waals surface area (Å²) >= 11 is 0. The van der Waals surface area contributed by atoms with Gasteiger partial charge < -0.3 is 20.4 Å². The van der Waals surface area contributed by atoms with E-state index in [1.165, 1.54) is 6.92 Å². The summed E-state index contributed by atoms with van der Waals surface area (Å²) in [6.45, 7) is 1.33. The number of benzene rings is 2. The Labute approximate surface area is 112 Å². The second kappa shape index (κ2) is 6.89. The molecule has 0 aliphatic rings. The number of aliphatic hydroxyl groups excluding tert-OH is 1. The third kappa shape index (κ3) is 4.71. The highest BCUT2D eigenvalue weighted by Crippen LogP contribution is 2.20. The van der Waals surface area contributed by atoms with Gasteiger partial charge in [-0.25, -0.2) is 0 Å². The standard InChI is InChI=1S/C9H12O3.C6H6O/c1-7(10)9(11,12)8-5-3-2-4-6-8;7-6-4-2-1-3-5-6/h2-7,10-12H,1H3;1-5,7H. The lowest BCUT2D eigenvalue weighted by atomic mass is 10.0. The fraction of sp³-hybridized carbons (Fsp3) is 0.200. The molecule has 0 bridgehead atoms. The number of hydrogen-bond donors (Lipinski definition) is 4. The van der Waals surface area contributed by atoms with Gasteiger partial charge in [0.1, 0.15) is 11.9 Å². The van der Waals surface area contributed by atoms with Crippen molar-refractivity contribution in [3.63, 3.8) is 0 Å². The minimum atomic E-state index is -2.15. The van der Waals surface area contributed by atoms with Gasteiger partial charge >= 0.3 is 0 Å². The molecule has 4 heteroatoms. The predicted molar refractivity (Wildman–Crippen MR) is 72.3 cm³/mol. The van der Waals surface area contributed by atoms with Gasteiger partial charge in [-0.3, -0.25) is 0 Å². The van der Waals surface area contributed by atoms with Crippen LogP contribution in [-0.2, 0) is 5.79 Å². The van der Waals surface area contributed by atoms with Gasteiger partial charge in [0, 0.05) is 5.56 Å². The minimum absolute atomic E-state index is 0.292. The average Bonchev–Trinajstić information content (AvgIpc) is 2.41. The normalized spacial score (nSPS) is 12.2. The predicted octanol–water partition coefficient (Wildman–Crippen LogP) is 1.60. The van der Waals surface area contributed by atoms with E-state index in [1.807, 2.05) is 6.07 Å². The molecule has 0 saturated carbocycles. The van der Waals surface area contributed by atoms with Gasteiger partial charge in [0.15, 0.2) is 0 Å². The van der Waals surface area contributed by atoms with Crippen molar-refractivity contribution in [3.8, 4) is 5.75 Å². The van der Waals surface area contributed by atoms with Crippen molar-refractivity contribution in [2.45, 2.75) is 18.8 Å². The first kappa shape index (κ1) is 15.2. The van der Waals surface area contributed by atoms with Gasteiger partial charge in [-0.1, -0.05) is 48.5 Å². The van der Waals surface area contributed by atoms with Crippen LogP contribution in [0.4, 0.5) is 0 Å². The lowest BCUT2D eigenvalue weighted by Gasteiger charge is -2.24. The van der Waals surface area contributed by atoms with E-state index < -0.39 is 11.9 Å². The van der Waals surface area contributed by atoms with E-state index in [2.05, 4.69) is 0 Å². The molecule has 1 unspecified atom stereocenters. The van der Waals surface area contributed by atoms with Crippen molar-refractivity contribution in [1.29, 1.82) is 0 Å². The molecule has 0 aliphatic carbocycles. The lowest BCUT2D eigenvalue weighted by molar-refractivity contribution is -0.229. The van der Waals surface area contributed by atoms with Crippen LogP contribution in [0.2, 0.25) is 0 Å². The zero-order valence-corrected chi connectivity index (χ0v) is 10.6. The number of aliphatic hydroxyl groups is 3. The third-order valence-corrected chi connectivity index (χ3v) is 2.54. The molecule has 1 atom stereocenters. The summed E-state index contributed by atoms with van der Waals surface area (Å²) in [4.78, 5) is 0. The molecule has 0 saturated heterocycles. The molecule has 0 aliphatic heterocycles. The summed E-state index contributed by atoms with van der Waals surface area (Å²) in [5, 5.41) is 36.4. The van der Waals surface area contributed by atoms with E-state index in [1.54, 1.807) is 54.6 Å². The summed E-state index contributed by atoms with van der Waals surface area (Å²) in [6, 6.07) is 16.9. The van der Waals surface area contributed by atoms with Crippen LogP contribution in [0.3, 0.4) is 0 Å². The van der Waals surface area contributed by atoms with E-state index in [0.29, 0.717) is 11.3 Å². The van der Waals surface area contributed by atoms with Crippen LogP contribution in [0, 0.1) is 0 Å². The first-order valence-corrected chi connectivity index (χ1v) is 5.87. The Morgan fingerprint density at radius 1 is 0.842 bits per heavy atom. The second-order valence-electron chi connectivity index (χ2n) is 4.10. The van der Waals surface area contributed by atoms with Crippen molar-refractivity contribution < 1.29 is 20.4 Å². The number of phenols is 1. The van der Waals surface area contributed by atoms with Crippen molar-refractivity contribution in [2.24, 2.45) is 0 Å². The zero-order chi connectivity index (χ0) is 14.3. The Bertz CT molecular complexity index is 466. The van der Waals surface area contributed by atoms with E-state index in [9.17, 15) is 10.2 Å². The maximum absolute atomic E-state index is 9.37. The summed E-state index contributed by atoms with van der Waals surface area (Å²) < 4.78 is 0. The number of hydrogen-bond acceptors (Lipinski definition) is 4. The largest absolute Gasteiger partial charge is 0.508 e. The van der Waals surface area contributed by atoms with Gasteiger partial charge in [0.05, 0.1) is 0 Å². The lowest BCUT2D eigenvalue weighted by Crippen LogP contribution is -2.37. The fourth-order valence-electron chi connectivity index (χ4n) is 1.35. The Hall–Kier alpha value is -1.88. The second-order valence-corrected chi connectivity index (χ2v) is 4.10. The maximum atomic E-state index is 9.37. The number of aromatic hydroxyl groups is 1. The molecular formula is C15H18O4. The number of para-hydroxylation sites is 1. The number of phenolic OH excluding ortho intramolecular Hbond substituents is 1. The molecule has 2 aromatic rings. The molecule has 0 heterocycles. The average molecular weight is 262 g/mol. The molecule has 0 spiro atoms. The molecule has 0 radical (unpaired) electrons. The van der Waals surface area contributed by atoms with Gasteiger partial charge in [-0.15, -0.1) is 0 Å². The van der Waals surface area contributed by atoms with Gasteiger partial charge in [0.2, 0.25) is 5.79 Å². The Morgan fingerprint density at radius 3 is 1.58 bits per heavy atom. The monoisotopic (exact) mass is 262 g/mol. The van der Waals surface area contributed by atoms with Gasteiger partial charge in [0.25, 0.3) is 0 Å². The molecule has 102 valence electrons. The summed E-state index contributed by atoms with van der Waals surface area (Å²) in [6.07, 6.45) is -1.21. The van der Waals surface area contributed by atoms with Crippen molar-refractivity contribution >= 4 is 0 Å². The maximum Gasteiger partial charge on any atom is 0.216 e. The zero-order valence-electron chi connectivity index (χ0n) is 10.6. The van der Waals surface area contributed by atoms with E-state index in [-0.39, 0.29) is 0 Å². The van der Waals surface area contributed by atoms with Crippen LogP contribution >= 0.6 is 0 Å². The molecule has 0 fully saturated rings. The van der Waals surface area contributed by atoms with Gasteiger partial charge in [-0.05, 0) is 19.1 Å². The molecule has 0 aromatic heterocycles. The SMILES string of the molecule is CC(O)C(O)(O)c1ccccc1.Oc1ccccc1. The van der Waals surface area contributed by atoms with Crippen molar-refractivity contribution in [1.82, 2.24) is 0 Å². The third-order valence-electron chi connectivity index (χ3n) is 2.54. The van der Waals surface area contributed by atoms with Crippen molar-refractivity contribution in [3.05, 3.63) is 66.2 Å². The molecule has 19 heavy (non-hydrogen) atoms. The van der Waals surface area contributed by atoms with E-state index >= 15 is 0 Å². The van der Waals surface area contributed by atoms with E-state index in [0.717, 1.165) is 0 Å². The molecule has 4 nitrogen and oxygen atoms in total. The number of rotatable bonds is 2. The van der Waals surface area contributed by atoms with Crippen LogP contribution in [-0.4, -0.2) is 26.5 Å². The van der Waals surface area contributed by atoms with Gasteiger partial charge in [-0.2, -0.15) is 0 Å². The first-order valence-electron chi connectivity index (χ1n) is 5.87. The van der Waals surface area contributed by atoms with Crippen LogP contribution in [0.15, 0.2) is 60.7 Å². The smallest absolute Gasteiger partial charge is 0.216 e. The molecule has 2 rings (SSSR count). The van der Waals surface area contributed by atoms with E-state index in [4.69, 9.17) is 10.2 Å². The summed E-state index contributed by atoms with van der Waals surface area (Å²) in [7, 11) is 0. The highest BCUT2D eigenvalue weighted by atomic mass is 16.5.